The van der Waals surface area contributed by atoms with Crippen LogP contribution in [-0.2, 0) is 12.1 Å². The Hall–Kier alpha value is -1.29. The predicted octanol–water partition coefficient (Wildman–Crippen LogP) is 2.44. The molecule has 0 saturated heterocycles. The van der Waals surface area contributed by atoms with Crippen LogP contribution in [0.1, 0.15) is 25.0 Å². The Kier molecular flexibility index (Phi) is 4.34. The maximum atomic E-state index is 12.8. The summed E-state index contributed by atoms with van der Waals surface area (Å²) in [5.74, 6) is 1.04. The van der Waals surface area contributed by atoms with Crippen LogP contribution in [0.15, 0.2) is 12.1 Å². The second-order valence-electron chi connectivity index (χ2n) is 4.54. The minimum Gasteiger partial charge on any atom is -0.496 e. The van der Waals surface area contributed by atoms with E-state index in [4.69, 9.17) is 9.47 Å². The first-order chi connectivity index (χ1) is 8.00. The number of ether oxygens (including phenoxy) is 2. The van der Waals surface area contributed by atoms with Gasteiger partial charge in [0.2, 0.25) is 0 Å². The van der Waals surface area contributed by atoms with E-state index >= 15 is 0 Å². The molecule has 0 bridgehead atoms. The summed E-state index contributed by atoms with van der Waals surface area (Å²) in [6.45, 7) is 3.14. The van der Waals surface area contributed by atoms with Gasteiger partial charge in [0.1, 0.15) is 18.2 Å². The lowest BCUT2D eigenvalue weighted by Gasteiger charge is -2.25. The average molecular weight is 242 g/mol. The van der Waals surface area contributed by atoms with Crippen LogP contribution in [0.2, 0.25) is 0 Å². The van der Waals surface area contributed by atoms with Crippen molar-refractivity contribution in [2.75, 3.05) is 20.8 Å². The van der Waals surface area contributed by atoms with Gasteiger partial charge in [0, 0.05) is 16.5 Å². The van der Waals surface area contributed by atoms with Crippen molar-refractivity contribution in [3.8, 4) is 11.5 Å². The van der Waals surface area contributed by atoms with Gasteiger partial charge in [-0.2, -0.15) is 0 Å². The van der Waals surface area contributed by atoms with E-state index in [1.54, 1.807) is 12.1 Å². The number of halogens is 1. The third kappa shape index (κ3) is 2.69. The number of aliphatic hydroxyl groups is 1. The number of hydrogen-bond acceptors (Lipinski definition) is 3. The van der Waals surface area contributed by atoms with E-state index in [0.717, 1.165) is 5.56 Å². The van der Waals surface area contributed by atoms with E-state index < -0.39 is 12.1 Å². The maximum Gasteiger partial charge on any atom is 0.125 e. The average Bonchev–Trinajstić information content (AvgIpc) is 2.36. The molecule has 17 heavy (non-hydrogen) atoms. The highest BCUT2D eigenvalue weighted by Gasteiger charge is 2.25. The van der Waals surface area contributed by atoms with Gasteiger partial charge in [-0.25, -0.2) is 4.39 Å². The first kappa shape index (κ1) is 13.8. The van der Waals surface area contributed by atoms with Crippen molar-refractivity contribution in [1.82, 2.24) is 0 Å². The molecule has 0 spiro atoms. The van der Waals surface area contributed by atoms with Crippen LogP contribution in [-0.4, -0.2) is 25.9 Å². The van der Waals surface area contributed by atoms with Crippen molar-refractivity contribution in [3.05, 3.63) is 23.3 Å². The molecule has 0 heterocycles. The molecule has 0 atom stereocenters. The van der Waals surface area contributed by atoms with Crippen LogP contribution < -0.4 is 9.47 Å². The van der Waals surface area contributed by atoms with Crippen LogP contribution in [0.4, 0.5) is 4.39 Å². The molecule has 0 aliphatic rings. The summed E-state index contributed by atoms with van der Waals surface area (Å²) in [7, 11) is 3.03. The van der Waals surface area contributed by atoms with E-state index in [1.165, 1.54) is 14.2 Å². The Labute approximate surface area is 101 Å². The van der Waals surface area contributed by atoms with Crippen LogP contribution >= 0.6 is 0 Å². The molecule has 3 nitrogen and oxygen atoms in total. The summed E-state index contributed by atoms with van der Waals surface area (Å²) >= 11 is 0. The lowest BCUT2D eigenvalue weighted by Crippen LogP contribution is -2.23. The van der Waals surface area contributed by atoms with Crippen LogP contribution in [0.3, 0.4) is 0 Å². The molecule has 1 rings (SSSR count). The van der Waals surface area contributed by atoms with E-state index in [-0.39, 0.29) is 6.61 Å². The molecule has 1 aromatic rings. The molecule has 96 valence electrons. The fraction of sp³-hybridized carbons (Fsp3) is 0.538. The molecule has 0 unspecified atom stereocenters. The van der Waals surface area contributed by atoms with Gasteiger partial charge in [-0.15, -0.1) is 0 Å². The Morgan fingerprint density at radius 1 is 1.18 bits per heavy atom. The van der Waals surface area contributed by atoms with Gasteiger partial charge >= 0.3 is 0 Å². The largest absolute Gasteiger partial charge is 0.496 e. The molecule has 0 aliphatic heterocycles. The van der Waals surface area contributed by atoms with Crippen molar-refractivity contribution in [2.45, 2.75) is 25.9 Å². The second kappa shape index (κ2) is 5.36. The van der Waals surface area contributed by atoms with Gasteiger partial charge in [-0.1, -0.05) is 13.8 Å². The number of benzene rings is 1. The zero-order chi connectivity index (χ0) is 13.1. The number of rotatable bonds is 5. The van der Waals surface area contributed by atoms with Gasteiger partial charge in [0.15, 0.2) is 0 Å². The Bertz CT molecular complexity index is 388. The summed E-state index contributed by atoms with van der Waals surface area (Å²) in [5, 5.41) is 9.39. The van der Waals surface area contributed by atoms with Gasteiger partial charge in [-0.3, -0.25) is 0 Å². The molecular formula is C13H19FO3. The highest BCUT2D eigenvalue weighted by Crippen LogP contribution is 2.36. The van der Waals surface area contributed by atoms with Crippen LogP contribution in [0, 0.1) is 0 Å². The van der Waals surface area contributed by atoms with Crippen LogP contribution in [0.5, 0.6) is 11.5 Å². The van der Waals surface area contributed by atoms with E-state index in [2.05, 4.69) is 0 Å². The van der Waals surface area contributed by atoms with Gasteiger partial charge < -0.3 is 14.6 Å². The topological polar surface area (TPSA) is 38.7 Å². The number of hydrogen-bond donors (Lipinski definition) is 1. The van der Waals surface area contributed by atoms with Crippen LogP contribution in [0.25, 0.3) is 0 Å². The molecule has 1 N–H and O–H groups in total. The lowest BCUT2D eigenvalue weighted by molar-refractivity contribution is 0.214. The molecular weight excluding hydrogens is 223 g/mol. The first-order valence-corrected chi connectivity index (χ1v) is 5.42. The molecule has 0 fully saturated rings. The molecule has 0 saturated carbocycles. The van der Waals surface area contributed by atoms with Gasteiger partial charge in [0.25, 0.3) is 0 Å². The van der Waals surface area contributed by atoms with Gasteiger partial charge in [0.05, 0.1) is 20.8 Å². The third-order valence-electron chi connectivity index (χ3n) is 2.87. The van der Waals surface area contributed by atoms with Crippen molar-refractivity contribution < 1.29 is 19.0 Å². The smallest absolute Gasteiger partial charge is 0.125 e. The summed E-state index contributed by atoms with van der Waals surface area (Å²) in [5.41, 5.74) is 0.784. The SMILES string of the molecule is COc1cc(C(C)(C)CO)c(OC)cc1CF. The normalized spacial score (nSPS) is 11.4. The summed E-state index contributed by atoms with van der Waals surface area (Å²) < 4.78 is 23.2. The summed E-state index contributed by atoms with van der Waals surface area (Å²) in [4.78, 5) is 0. The molecule has 0 aromatic heterocycles. The monoisotopic (exact) mass is 242 g/mol. The standard InChI is InChI=1S/C13H19FO3/c1-13(2,8-15)10-6-11(16-3)9(7-14)5-12(10)17-4/h5-6,15H,7-8H2,1-4H3. The van der Waals surface area contributed by atoms with Crippen molar-refractivity contribution in [2.24, 2.45) is 0 Å². The molecule has 0 radical (unpaired) electrons. The summed E-state index contributed by atoms with van der Waals surface area (Å²) in [6, 6.07) is 3.34. The van der Waals surface area contributed by atoms with Crippen molar-refractivity contribution >= 4 is 0 Å². The number of methoxy groups -OCH3 is 2. The molecule has 4 heteroatoms. The fourth-order valence-electron chi connectivity index (χ4n) is 1.68. The zero-order valence-corrected chi connectivity index (χ0v) is 10.7. The zero-order valence-electron chi connectivity index (χ0n) is 10.7. The Balaban J connectivity index is 3.38. The molecule has 0 amide bonds. The lowest BCUT2D eigenvalue weighted by atomic mass is 9.84. The van der Waals surface area contributed by atoms with E-state index in [1.807, 2.05) is 13.8 Å². The third-order valence-corrected chi connectivity index (χ3v) is 2.87. The van der Waals surface area contributed by atoms with Crippen molar-refractivity contribution in [3.63, 3.8) is 0 Å². The highest BCUT2D eigenvalue weighted by atomic mass is 19.1. The minimum absolute atomic E-state index is 0.0263. The number of aliphatic hydroxyl groups excluding tert-OH is 1. The van der Waals surface area contributed by atoms with E-state index in [0.29, 0.717) is 17.1 Å². The maximum absolute atomic E-state index is 12.8. The Morgan fingerprint density at radius 3 is 2.18 bits per heavy atom. The van der Waals surface area contributed by atoms with Gasteiger partial charge in [-0.05, 0) is 12.1 Å². The van der Waals surface area contributed by atoms with Crippen molar-refractivity contribution in [1.29, 1.82) is 0 Å². The first-order valence-electron chi connectivity index (χ1n) is 5.42. The van der Waals surface area contributed by atoms with E-state index in [9.17, 15) is 9.50 Å². The predicted molar refractivity (Wildman–Crippen MR) is 64.5 cm³/mol. The molecule has 0 aliphatic carbocycles. The highest BCUT2D eigenvalue weighted by molar-refractivity contribution is 5.49. The summed E-state index contributed by atoms with van der Waals surface area (Å²) in [6.07, 6.45) is 0. The quantitative estimate of drug-likeness (QED) is 0.862. The Morgan fingerprint density at radius 2 is 1.76 bits per heavy atom. The fourth-order valence-corrected chi connectivity index (χ4v) is 1.68. The minimum atomic E-state index is -0.612. The number of alkyl halides is 1. The second-order valence-corrected chi connectivity index (χ2v) is 4.54. The molecule has 1 aromatic carbocycles.